The largest absolute Gasteiger partial charge is 0.457 e. The Kier molecular flexibility index (Phi) is 7.12. The van der Waals surface area contributed by atoms with Crippen molar-refractivity contribution in [1.29, 1.82) is 0 Å². The molecule has 8 heteroatoms. The summed E-state index contributed by atoms with van der Waals surface area (Å²) in [6.45, 7) is 8.03. The summed E-state index contributed by atoms with van der Waals surface area (Å²) in [4.78, 5) is 42.5. The first-order valence-corrected chi connectivity index (χ1v) is 12.1. The van der Waals surface area contributed by atoms with E-state index in [2.05, 4.69) is 16.4 Å². The van der Waals surface area contributed by atoms with Crippen LogP contribution in [-0.2, 0) is 22.7 Å². The van der Waals surface area contributed by atoms with Crippen LogP contribution < -0.4 is 10.9 Å². The maximum absolute atomic E-state index is 12.7. The smallest absolute Gasteiger partial charge is 0.350 e. The molecule has 0 fully saturated rings. The van der Waals surface area contributed by atoms with Gasteiger partial charge in [-0.25, -0.2) is 9.78 Å². The number of pyridine rings is 1. The molecule has 0 aliphatic heterocycles. The normalized spacial score (nSPS) is 11.0. The van der Waals surface area contributed by atoms with Gasteiger partial charge in [0.05, 0.1) is 11.2 Å². The van der Waals surface area contributed by atoms with Crippen LogP contribution in [-0.4, -0.2) is 21.4 Å². The number of hydrogen-bond donors (Lipinski definition) is 1. The minimum Gasteiger partial charge on any atom is -0.457 e. The van der Waals surface area contributed by atoms with Crippen LogP contribution in [0.15, 0.2) is 53.3 Å². The molecular formula is C27H27N3O4S. The monoisotopic (exact) mass is 489 g/mol. The number of nitrogens with one attached hydrogen (secondary N) is 1. The molecule has 0 aliphatic rings. The van der Waals surface area contributed by atoms with Crippen molar-refractivity contribution in [2.24, 2.45) is 0 Å². The van der Waals surface area contributed by atoms with E-state index in [-0.39, 0.29) is 31.0 Å². The molecule has 1 amide bonds. The zero-order chi connectivity index (χ0) is 25.1. The van der Waals surface area contributed by atoms with Crippen molar-refractivity contribution in [3.63, 3.8) is 0 Å². The molecule has 2 aromatic heterocycles. The molecular weight excluding hydrogens is 462 g/mol. The van der Waals surface area contributed by atoms with Crippen LogP contribution >= 0.6 is 11.3 Å². The second-order valence-corrected chi connectivity index (χ2v) is 9.59. The van der Waals surface area contributed by atoms with Gasteiger partial charge < -0.3 is 14.6 Å². The number of rotatable bonds is 7. The Labute approximate surface area is 207 Å². The van der Waals surface area contributed by atoms with Gasteiger partial charge in [0.25, 0.3) is 5.56 Å². The zero-order valence-corrected chi connectivity index (χ0v) is 21.0. The maximum atomic E-state index is 12.7. The number of ether oxygens (including phenoxy) is 1. The standard InChI is InChI=1S/C27H27N3O4S/c1-16-12-18(3)24-21(13-16)17(2)14-23(32)30(24)11-10-22(31)29-27-28-19(4)25(35-27)26(33)34-15-20-8-6-5-7-9-20/h5-9,12-14H,10-11,15H2,1-4H3,(H,28,29,31). The Morgan fingerprint density at radius 1 is 1.03 bits per heavy atom. The lowest BCUT2D eigenvalue weighted by Gasteiger charge is -2.15. The molecule has 0 saturated carbocycles. The number of aromatic nitrogens is 2. The summed E-state index contributed by atoms with van der Waals surface area (Å²) >= 11 is 1.08. The third-order valence-corrected chi connectivity index (χ3v) is 6.80. The Morgan fingerprint density at radius 2 is 1.77 bits per heavy atom. The number of amides is 1. The third-order valence-electron chi connectivity index (χ3n) is 5.75. The van der Waals surface area contributed by atoms with Crippen molar-refractivity contribution in [1.82, 2.24) is 9.55 Å². The predicted octanol–water partition coefficient (Wildman–Crippen LogP) is 5.08. The van der Waals surface area contributed by atoms with Crippen molar-refractivity contribution in [3.05, 3.63) is 91.7 Å². The number of fused-ring (bicyclic) bond motifs is 1. The number of anilines is 1. The van der Waals surface area contributed by atoms with Gasteiger partial charge in [0, 0.05) is 24.4 Å². The fourth-order valence-corrected chi connectivity index (χ4v) is 4.99. The number of carbonyl (C=O) groups is 2. The van der Waals surface area contributed by atoms with E-state index < -0.39 is 5.97 Å². The van der Waals surface area contributed by atoms with E-state index in [1.54, 1.807) is 17.6 Å². The van der Waals surface area contributed by atoms with Crippen LogP contribution in [0, 0.1) is 27.7 Å². The van der Waals surface area contributed by atoms with E-state index in [1.165, 1.54) is 0 Å². The number of benzene rings is 2. The van der Waals surface area contributed by atoms with E-state index in [1.807, 2.05) is 57.2 Å². The van der Waals surface area contributed by atoms with E-state index in [9.17, 15) is 14.4 Å². The molecule has 0 spiro atoms. The minimum atomic E-state index is -0.479. The second kappa shape index (κ2) is 10.2. The molecule has 7 nitrogen and oxygen atoms in total. The molecule has 35 heavy (non-hydrogen) atoms. The number of thiazole rings is 1. The fraction of sp³-hybridized carbons (Fsp3) is 0.259. The molecule has 0 radical (unpaired) electrons. The first-order chi connectivity index (χ1) is 16.7. The number of nitrogens with zero attached hydrogens (tertiary/aromatic N) is 2. The van der Waals surface area contributed by atoms with Crippen LogP contribution in [0.1, 0.15) is 44.0 Å². The number of carbonyl (C=O) groups excluding carboxylic acids is 2. The Bertz CT molecular complexity index is 1470. The van der Waals surface area contributed by atoms with Crippen LogP contribution in [0.5, 0.6) is 0 Å². The van der Waals surface area contributed by atoms with Crippen LogP contribution in [0.4, 0.5) is 5.13 Å². The van der Waals surface area contributed by atoms with Gasteiger partial charge in [-0.1, -0.05) is 53.3 Å². The predicted molar refractivity (Wildman–Crippen MR) is 138 cm³/mol. The Morgan fingerprint density at radius 3 is 2.51 bits per heavy atom. The third kappa shape index (κ3) is 5.49. The summed E-state index contributed by atoms with van der Waals surface area (Å²) in [6, 6.07) is 15.1. The molecule has 0 bridgehead atoms. The minimum absolute atomic E-state index is 0.0950. The highest BCUT2D eigenvalue weighted by atomic mass is 32.1. The van der Waals surface area contributed by atoms with Crippen LogP contribution in [0.3, 0.4) is 0 Å². The van der Waals surface area contributed by atoms with Gasteiger partial charge in [0.2, 0.25) is 5.91 Å². The first kappa shape index (κ1) is 24.3. The summed E-state index contributed by atoms with van der Waals surface area (Å²) in [7, 11) is 0. The van der Waals surface area contributed by atoms with Crippen molar-refractivity contribution in [2.75, 3.05) is 5.32 Å². The lowest BCUT2D eigenvalue weighted by Crippen LogP contribution is -2.24. The highest BCUT2D eigenvalue weighted by molar-refractivity contribution is 7.17. The highest BCUT2D eigenvalue weighted by Crippen LogP contribution is 2.25. The topological polar surface area (TPSA) is 90.3 Å². The summed E-state index contributed by atoms with van der Waals surface area (Å²) in [5.74, 6) is -0.763. The van der Waals surface area contributed by atoms with E-state index in [4.69, 9.17) is 4.74 Å². The van der Waals surface area contributed by atoms with E-state index in [0.29, 0.717) is 15.7 Å². The van der Waals surface area contributed by atoms with Gasteiger partial charge in [0.1, 0.15) is 11.5 Å². The summed E-state index contributed by atoms with van der Waals surface area (Å²) in [5.41, 5.74) is 5.14. The van der Waals surface area contributed by atoms with Crippen LogP contribution in [0.2, 0.25) is 0 Å². The average Bonchev–Trinajstić information content (AvgIpc) is 3.18. The SMILES string of the molecule is Cc1cc(C)c2c(c1)c(C)cc(=O)n2CCC(=O)Nc1nc(C)c(C(=O)OCc2ccccc2)s1. The molecule has 1 N–H and O–H groups in total. The molecule has 0 unspecified atom stereocenters. The maximum Gasteiger partial charge on any atom is 0.350 e. The van der Waals surface area contributed by atoms with Crippen LogP contribution in [0.25, 0.3) is 10.9 Å². The van der Waals surface area contributed by atoms with E-state index >= 15 is 0 Å². The van der Waals surface area contributed by atoms with Crippen molar-refractivity contribution in [3.8, 4) is 0 Å². The van der Waals surface area contributed by atoms with Crippen molar-refractivity contribution in [2.45, 2.75) is 47.3 Å². The highest BCUT2D eigenvalue weighted by Gasteiger charge is 2.18. The number of esters is 1. The Balaban J connectivity index is 1.43. The summed E-state index contributed by atoms with van der Waals surface area (Å²) < 4.78 is 7.03. The molecule has 2 heterocycles. The van der Waals surface area contributed by atoms with Gasteiger partial charge in [-0.15, -0.1) is 0 Å². The molecule has 180 valence electrons. The van der Waals surface area contributed by atoms with Gasteiger partial charge in [0.15, 0.2) is 5.13 Å². The molecule has 0 atom stereocenters. The summed E-state index contributed by atoms with van der Waals surface area (Å²) in [5, 5.41) is 4.09. The number of hydrogen-bond acceptors (Lipinski definition) is 6. The van der Waals surface area contributed by atoms with Crippen molar-refractivity contribution >= 4 is 39.2 Å². The molecule has 0 aliphatic carbocycles. The molecule has 4 aromatic rings. The van der Waals surface area contributed by atoms with Gasteiger partial charge in [-0.3, -0.25) is 9.59 Å². The Hall–Kier alpha value is -3.78. The van der Waals surface area contributed by atoms with Gasteiger partial charge in [-0.2, -0.15) is 0 Å². The molecule has 4 rings (SSSR count). The van der Waals surface area contributed by atoms with Crippen molar-refractivity contribution < 1.29 is 14.3 Å². The first-order valence-electron chi connectivity index (χ1n) is 11.3. The summed E-state index contributed by atoms with van der Waals surface area (Å²) in [6.07, 6.45) is 0.0950. The second-order valence-electron chi connectivity index (χ2n) is 8.59. The average molecular weight is 490 g/mol. The van der Waals surface area contributed by atoms with E-state index in [0.717, 1.165) is 44.5 Å². The molecule has 2 aromatic carbocycles. The zero-order valence-electron chi connectivity index (χ0n) is 20.2. The van der Waals surface area contributed by atoms with Gasteiger partial charge in [-0.05, 0) is 50.5 Å². The lowest BCUT2D eigenvalue weighted by atomic mass is 10.0. The lowest BCUT2D eigenvalue weighted by molar-refractivity contribution is -0.116. The van der Waals surface area contributed by atoms with Gasteiger partial charge >= 0.3 is 5.97 Å². The fourth-order valence-electron chi connectivity index (χ4n) is 4.11. The quantitative estimate of drug-likeness (QED) is 0.366. The molecule has 0 saturated heterocycles. The number of aryl methyl sites for hydroxylation is 5.